The Bertz CT molecular complexity index is 824. The van der Waals surface area contributed by atoms with E-state index in [1.165, 1.54) is 30.6 Å². The number of nitrogens with zero attached hydrogens (tertiary/aromatic N) is 1. The van der Waals surface area contributed by atoms with E-state index >= 15 is 0 Å². The first kappa shape index (κ1) is 13.9. The summed E-state index contributed by atoms with van der Waals surface area (Å²) in [6.45, 7) is 1.91. The van der Waals surface area contributed by atoms with Crippen LogP contribution in [0.4, 0.5) is 0 Å². The van der Waals surface area contributed by atoms with Crippen molar-refractivity contribution in [2.24, 2.45) is 0 Å². The first-order valence-electron chi connectivity index (χ1n) is 5.99. The van der Waals surface area contributed by atoms with Gasteiger partial charge in [-0.05, 0) is 19.1 Å². The standard InChI is InChI=1S/C14H10ClNO4S/c1-7-16-13-10(5-8(15)6-11(13)21-7)20-12-4-3-9(19-12)14(17)18-2/h3-6H,1-2H3. The number of fused-ring (bicyclic) bond motifs is 1. The number of esters is 1. The second-order valence-electron chi connectivity index (χ2n) is 4.20. The number of furan rings is 1. The fraction of sp³-hybridized carbons (Fsp3) is 0.143. The maximum Gasteiger partial charge on any atom is 0.374 e. The summed E-state index contributed by atoms with van der Waals surface area (Å²) < 4.78 is 16.4. The van der Waals surface area contributed by atoms with Crippen LogP contribution < -0.4 is 4.74 Å². The van der Waals surface area contributed by atoms with Gasteiger partial charge >= 0.3 is 5.97 Å². The Morgan fingerprint density at radius 2 is 2.19 bits per heavy atom. The van der Waals surface area contributed by atoms with Crippen LogP contribution in [0.3, 0.4) is 0 Å². The molecule has 0 spiro atoms. The molecule has 0 bridgehead atoms. The molecule has 0 fully saturated rings. The number of carbonyl (C=O) groups is 1. The van der Waals surface area contributed by atoms with E-state index in [1.54, 1.807) is 6.07 Å². The predicted octanol–water partition coefficient (Wildman–Crippen LogP) is 4.43. The monoisotopic (exact) mass is 323 g/mol. The van der Waals surface area contributed by atoms with E-state index in [0.29, 0.717) is 16.3 Å². The normalized spacial score (nSPS) is 10.8. The highest BCUT2D eigenvalue weighted by atomic mass is 35.5. The average molecular weight is 324 g/mol. The van der Waals surface area contributed by atoms with Gasteiger partial charge in [-0.1, -0.05) is 11.6 Å². The van der Waals surface area contributed by atoms with Crippen molar-refractivity contribution in [3.05, 3.63) is 40.1 Å². The molecule has 21 heavy (non-hydrogen) atoms. The van der Waals surface area contributed by atoms with E-state index < -0.39 is 5.97 Å². The summed E-state index contributed by atoms with van der Waals surface area (Å²) in [6.07, 6.45) is 0. The molecule has 3 aromatic rings. The summed E-state index contributed by atoms with van der Waals surface area (Å²) in [5.41, 5.74) is 0.706. The minimum Gasteiger partial charge on any atom is -0.463 e. The number of hydrogen-bond acceptors (Lipinski definition) is 6. The fourth-order valence-electron chi connectivity index (χ4n) is 1.85. The van der Waals surface area contributed by atoms with E-state index in [-0.39, 0.29) is 11.7 Å². The molecule has 0 N–H and O–H groups in total. The lowest BCUT2D eigenvalue weighted by Crippen LogP contribution is -1.98. The topological polar surface area (TPSA) is 61.6 Å². The fourth-order valence-corrected chi connectivity index (χ4v) is 3.01. The van der Waals surface area contributed by atoms with Crippen molar-refractivity contribution >= 4 is 39.1 Å². The number of halogens is 1. The second kappa shape index (κ2) is 5.38. The van der Waals surface area contributed by atoms with Gasteiger partial charge in [0.15, 0.2) is 5.75 Å². The van der Waals surface area contributed by atoms with Crippen LogP contribution in [0.1, 0.15) is 15.6 Å². The molecule has 0 aliphatic heterocycles. The van der Waals surface area contributed by atoms with E-state index in [2.05, 4.69) is 9.72 Å². The zero-order valence-electron chi connectivity index (χ0n) is 11.2. The van der Waals surface area contributed by atoms with Crippen LogP contribution in [0.25, 0.3) is 10.2 Å². The first-order valence-corrected chi connectivity index (χ1v) is 7.19. The minimum absolute atomic E-state index is 0.0697. The summed E-state index contributed by atoms with van der Waals surface area (Å²) in [5.74, 6) is 0.156. The molecule has 0 atom stereocenters. The van der Waals surface area contributed by atoms with Crippen molar-refractivity contribution in [3.63, 3.8) is 0 Å². The predicted molar refractivity (Wildman–Crippen MR) is 79.5 cm³/mol. The van der Waals surface area contributed by atoms with Crippen molar-refractivity contribution in [2.45, 2.75) is 6.92 Å². The lowest BCUT2D eigenvalue weighted by molar-refractivity contribution is 0.0560. The van der Waals surface area contributed by atoms with Gasteiger partial charge in [-0.15, -0.1) is 11.3 Å². The molecule has 0 saturated heterocycles. The van der Waals surface area contributed by atoms with Gasteiger partial charge in [0, 0.05) is 17.2 Å². The van der Waals surface area contributed by atoms with Crippen molar-refractivity contribution in [2.75, 3.05) is 7.11 Å². The number of hydrogen-bond donors (Lipinski definition) is 0. The van der Waals surface area contributed by atoms with Gasteiger partial charge < -0.3 is 13.9 Å². The Kier molecular flexibility index (Phi) is 3.57. The molecule has 0 amide bonds. The number of thiazole rings is 1. The van der Waals surface area contributed by atoms with Gasteiger partial charge in [0.05, 0.1) is 16.8 Å². The molecule has 2 aromatic heterocycles. The number of aromatic nitrogens is 1. The molecule has 5 nitrogen and oxygen atoms in total. The summed E-state index contributed by atoms with van der Waals surface area (Å²) in [6, 6.07) is 6.51. The number of benzene rings is 1. The number of methoxy groups -OCH3 is 1. The number of aryl methyl sites for hydroxylation is 1. The van der Waals surface area contributed by atoms with Crippen LogP contribution in [0.15, 0.2) is 28.7 Å². The maximum atomic E-state index is 11.3. The highest BCUT2D eigenvalue weighted by Crippen LogP contribution is 2.36. The van der Waals surface area contributed by atoms with E-state index in [1.807, 2.05) is 13.0 Å². The van der Waals surface area contributed by atoms with Crippen molar-refractivity contribution < 1.29 is 18.7 Å². The molecular formula is C14H10ClNO4S. The van der Waals surface area contributed by atoms with Crippen LogP contribution in [0.2, 0.25) is 5.02 Å². The summed E-state index contributed by atoms with van der Waals surface area (Å²) in [7, 11) is 1.28. The molecule has 0 radical (unpaired) electrons. The lowest BCUT2D eigenvalue weighted by Gasteiger charge is -2.03. The van der Waals surface area contributed by atoms with Gasteiger partial charge in [0.1, 0.15) is 5.52 Å². The van der Waals surface area contributed by atoms with Crippen LogP contribution in [0, 0.1) is 6.92 Å². The average Bonchev–Trinajstić information content (AvgIpc) is 3.04. The highest BCUT2D eigenvalue weighted by Gasteiger charge is 2.15. The second-order valence-corrected chi connectivity index (χ2v) is 5.87. The molecule has 3 rings (SSSR count). The Labute approximate surface area is 129 Å². The summed E-state index contributed by atoms with van der Waals surface area (Å²) >= 11 is 7.60. The minimum atomic E-state index is -0.564. The van der Waals surface area contributed by atoms with E-state index in [4.69, 9.17) is 20.8 Å². The maximum absolute atomic E-state index is 11.3. The molecule has 0 aliphatic rings. The van der Waals surface area contributed by atoms with Gasteiger partial charge in [-0.2, -0.15) is 0 Å². The van der Waals surface area contributed by atoms with E-state index in [0.717, 1.165) is 9.71 Å². The molecular weight excluding hydrogens is 314 g/mol. The number of carbonyl (C=O) groups excluding carboxylic acids is 1. The summed E-state index contributed by atoms with van der Waals surface area (Å²) in [4.78, 5) is 15.8. The molecule has 1 aromatic carbocycles. The zero-order valence-corrected chi connectivity index (χ0v) is 12.7. The van der Waals surface area contributed by atoms with Crippen LogP contribution in [-0.4, -0.2) is 18.1 Å². The zero-order chi connectivity index (χ0) is 15.0. The Morgan fingerprint density at radius 3 is 2.95 bits per heavy atom. The molecule has 108 valence electrons. The molecule has 0 aliphatic carbocycles. The first-order chi connectivity index (χ1) is 10.1. The SMILES string of the molecule is COC(=O)c1ccc(Oc2cc(Cl)cc3sc(C)nc23)o1. The lowest BCUT2D eigenvalue weighted by atomic mass is 10.3. The third kappa shape index (κ3) is 2.72. The Balaban J connectivity index is 1.97. The molecule has 2 heterocycles. The van der Waals surface area contributed by atoms with Crippen LogP contribution in [-0.2, 0) is 4.74 Å². The molecule has 0 unspecified atom stereocenters. The number of rotatable bonds is 3. The van der Waals surface area contributed by atoms with Crippen molar-refractivity contribution in [1.82, 2.24) is 4.98 Å². The van der Waals surface area contributed by atoms with Crippen LogP contribution in [0.5, 0.6) is 11.7 Å². The van der Waals surface area contributed by atoms with Gasteiger partial charge in [-0.25, -0.2) is 9.78 Å². The highest BCUT2D eigenvalue weighted by molar-refractivity contribution is 7.18. The third-order valence-corrected chi connectivity index (χ3v) is 3.85. The van der Waals surface area contributed by atoms with Gasteiger partial charge in [0.2, 0.25) is 5.76 Å². The third-order valence-electron chi connectivity index (χ3n) is 2.71. The number of ether oxygens (including phenoxy) is 2. The van der Waals surface area contributed by atoms with Gasteiger partial charge in [-0.3, -0.25) is 0 Å². The molecule has 0 saturated carbocycles. The van der Waals surface area contributed by atoms with Crippen molar-refractivity contribution in [1.29, 1.82) is 0 Å². The van der Waals surface area contributed by atoms with Crippen LogP contribution >= 0.6 is 22.9 Å². The van der Waals surface area contributed by atoms with E-state index in [9.17, 15) is 4.79 Å². The van der Waals surface area contributed by atoms with Crippen molar-refractivity contribution in [3.8, 4) is 11.7 Å². The largest absolute Gasteiger partial charge is 0.463 e. The summed E-state index contributed by atoms with van der Waals surface area (Å²) in [5, 5.41) is 1.45. The quantitative estimate of drug-likeness (QED) is 0.667. The Hall–Kier alpha value is -2.05. The Morgan fingerprint density at radius 1 is 1.38 bits per heavy atom. The molecule has 7 heteroatoms. The van der Waals surface area contributed by atoms with Gasteiger partial charge in [0.25, 0.3) is 5.95 Å². The smallest absolute Gasteiger partial charge is 0.374 e.